The highest BCUT2D eigenvalue weighted by Crippen LogP contribution is 2.47. The number of hydrogen-bond acceptors (Lipinski definition) is 4. The number of fused-ring (bicyclic) bond motifs is 1. The molecule has 1 N–H and O–H groups in total. The van der Waals surface area contributed by atoms with Gasteiger partial charge in [0, 0.05) is 31.2 Å². The molecule has 0 amide bonds. The highest BCUT2D eigenvalue weighted by atomic mass is 16.4. The topological polar surface area (TPSA) is 71.2 Å². The van der Waals surface area contributed by atoms with Gasteiger partial charge in [-0.05, 0) is 37.4 Å². The standard InChI is InChI=1S/C18H22N4O2/c23-17(24)18-6-2-1-3-15(18)21(9-7-18)12-14-4-5-16(20-11-14)22-10-8-19-13-22/h4-5,8,10-11,13,15H,1-3,6-7,9,12H2,(H,23,24)/t15-,18+/m0/s1. The summed E-state index contributed by atoms with van der Waals surface area (Å²) in [6, 6.07) is 4.22. The van der Waals surface area contributed by atoms with Gasteiger partial charge in [-0.3, -0.25) is 14.3 Å². The van der Waals surface area contributed by atoms with Crippen molar-refractivity contribution in [3.05, 3.63) is 42.6 Å². The molecule has 1 aliphatic heterocycles. The zero-order chi connectivity index (χ0) is 16.6. The fourth-order valence-corrected chi connectivity index (χ4v) is 4.38. The molecule has 4 rings (SSSR count). The Morgan fingerprint density at radius 1 is 1.33 bits per heavy atom. The number of carbonyl (C=O) groups is 1. The Kier molecular flexibility index (Phi) is 3.84. The number of imidazole rings is 1. The molecule has 6 heteroatoms. The lowest BCUT2D eigenvalue weighted by Crippen LogP contribution is -2.46. The van der Waals surface area contributed by atoms with Crippen LogP contribution in [0.1, 0.15) is 37.7 Å². The second-order valence-electron chi connectivity index (χ2n) is 6.94. The van der Waals surface area contributed by atoms with Gasteiger partial charge in [0.25, 0.3) is 0 Å². The van der Waals surface area contributed by atoms with Gasteiger partial charge in [0.2, 0.25) is 0 Å². The first-order valence-corrected chi connectivity index (χ1v) is 8.60. The van der Waals surface area contributed by atoms with Crippen molar-refractivity contribution in [3.8, 4) is 5.82 Å². The average Bonchev–Trinajstić information content (AvgIpc) is 3.25. The van der Waals surface area contributed by atoms with Crippen LogP contribution in [0.4, 0.5) is 0 Å². The second-order valence-corrected chi connectivity index (χ2v) is 6.94. The van der Waals surface area contributed by atoms with E-state index in [1.807, 2.05) is 23.0 Å². The zero-order valence-electron chi connectivity index (χ0n) is 13.6. The quantitative estimate of drug-likeness (QED) is 0.934. The van der Waals surface area contributed by atoms with E-state index in [1.165, 1.54) is 0 Å². The van der Waals surface area contributed by atoms with Crippen molar-refractivity contribution >= 4 is 5.97 Å². The maximum absolute atomic E-state index is 11.9. The molecule has 126 valence electrons. The Morgan fingerprint density at radius 2 is 2.25 bits per heavy atom. The maximum atomic E-state index is 11.9. The van der Waals surface area contributed by atoms with Crippen molar-refractivity contribution in [3.63, 3.8) is 0 Å². The van der Waals surface area contributed by atoms with Gasteiger partial charge in [-0.25, -0.2) is 9.97 Å². The molecule has 1 saturated heterocycles. The number of aliphatic carboxylic acids is 1. The molecule has 3 heterocycles. The summed E-state index contributed by atoms with van der Waals surface area (Å²) in [6.07, 6.45) is 12.0. The summed E-state index contributed by atoms with van der Waals surface area (Å²) >= 11 is 0. The Labute approximate surface area is 141 Å². The molecule has 24 heavy (non-hydrogen) atoms. The molecular formula is C18H22N4O2. The normalized spacial score (nSPS) is 27.1. The number of likely N-dealkylation sites (tertiary alicyclic amines) is 1. The first-order valence-electron chi connectivity index (χ1n) is 8.60. The van der Waals surface area contributed by atoms with Gasteiger partial charge in [-0.1, -0.05) is 18.9 Å². The number of pyridine rings is 1. The van der Waals surface area contributed by atoms with Crippen molar-refractivity contribution in [1.82, 2.24) is 19.4 Å². The van der Waals surface area contributed by atoms with E-state index in [0.29, 0.717) is 0 Å². The van der Waals surface area contributed by atoms with Gasteiger partial charge in [0.15, 0.2) is 0 Å². The van der Waals surface area contributed by atoms with Crippen LogP contribution in [0, 0.1) is 5.41 Å². The molecule has 0 aromatic carbocycles. The number of carboxylic acids is 1. The van der Waals surface area contributed by atoms with Crippen molar-refractivity contribution in [2.75, 3.05) is 6.54 Å². The SMILES string of the molecule is O=C(O)[C@@]12CCCC[C@@H]1N(Cc1ccc(-n3ccnc3)nc1)CC2. The molecule has 2 atom stereocenters. The Morgan fingerprint density at radius 3 is 2.96 bits per heavy atom. The minimum Gasteiger partial charge on any atom is -0.481 e. The van der Waals surface area contributed by atoms with Gasteiger partial charge >= 0.3 is 5.97 Å². The molecule has 2 aliphatic rings. The van der Waals surface area contributed by atoms with E-state index < -0.39 is 11.4 Å². The van der Waals surface area contributed by atoms with Crippen molar-refractivity contribution in [1.29, 1.82) is 0 Å². The summed E-state index contributed by atoms with van der Waals surface area (Å²) in [4.78, 5) is 22.8. The Hall–Kier alpha value is -2.21. The lowest BCUT2D eigenvalue weighted by atomic mass is 9.70. The van der Waals surface area contributed by atoms with Gasteiger partial charge < -0.3 is 5.11 Å². The summed E-state index contributed by atoms with van der Waals surface area (Å²) in [5.41, 5.74) is 0.605. The Bertz CT molecular complexity index is 713. The van der Waals surface area contributed by atoms with Gasteiger partial charge in [0.05, 0.1) is 5.41 Å². The lowest BCUT2D eigenvalue weighted by Gasteiger charge is -2.38. The van der Waals surface area contributed by atoms with Crippen LogP contribution in [0.3, 0.4) is 0 Å². The molecule has 2 aromatic rings. The minimum absolute atomic E-state index is 0.164. The maximum Gasteiger partial charge on any atom is 0.311 e. The molecule has 1 aliphatic carbocycles. The molecule has 6 nitrogen and oxygen atoms in total. The predicted molar refractivity (Wildman–Crippen MR) is 88.7 cm³/mol. The van der Waals surface area contributed by atoms with Crippen LogP contribution >= 0.6 is 0 Å². The minimum atomic E-state index is -0.608. The van der Waals surface area contributed by atoms with E-state index in [1.54, 1.807) is 12.5 Å². The third-order valence-corrected chi connectivity index (χ3v) is 5.66. The zero-order valence-corrected chi connectivity index (χ0v) is 13.6. The summed E-state index contributed by atoms with van der Waals surface area (Å²) in [5, 5.41) is 9.78. The molecule has 2 fully saturated rings. The van der Waals surface area contributed by atoms with Crippen LogP contribution in [-0.2, 0) is 11.3 Å². The molecule has 1 saturated carbocycles. The smallest absolute Gasteiger partial charge is 0.311 e. The fraction of sp³-hybridized carbons (Fsp3) is 0.500. The second kappa shape index (κ2) is 6.02. The number of aromatic nitrogens is 3. The molecule has 0 spiro atoms. The average molecular weight is 326 g/mol. The van der Waals surface area contributed by atoms with Crippen molar-refractivity contribution in [2.24, 2.45) is 5.41 Å². The summed E-state index contributed by atoms with van der Waals surface area (Å²) in [7, 11) is 0. The third kappa shape index (κ3) is 2.51. The molecular weight excluding hydrogens is 304 g/mol. The van der Waals surface area contributed by atoms with Crippen molar-refractivity contribution < 1.29 is 9.90 Å². The van der Waals surface area contributed by atoms with Crippen LogP contribution in [0.2, 0.25) is 0 Å². The molecule has 0 radical (unpaired) electrons. The largest absolute Gasteiger partial charge is 0.481 e. The van der Waals surface area contributed by atoms with Crippen LogP contribution in [0.5, 0.6) is 0 Å². The molecule has 2 aromatic heterocycles. The van der Waals surface area contributed by atoms with Gasteiger partial charge in [-0.15, -0.1) is 0 Å². The molecule has 0 unspecified atom stereocenters. The van der Waals surface area contributed by atoms with E-state index in [2.05, 4.69) is 20.9 Å². The number of rotatable bonds is 4. The van der Waals surface area contributed by atoms with Gasteiger partial charge in [0.1, 0.15) is 12.1 Å². The fourth-order valence-electron chi connectivity index (χ4n) is 4.38. The van der Waals surface area contributed by atoms with Crippen LogP contribution in [-0.4, -0.2) is 43.1 Å². The Balaban J connectivity index is 1.50. The van der Waals surface area contributed by atoms with E-state index in [4.69, 9.17) is 0 Å². The first-order chi connectivity index (χ1) is 11.7. The van der Waals surface area contributed by atoms with E-state index in [9.17, 15) is 9.90 Å². The predicted octanol–water partition coefficient (Wildman–Crippen LogP) is 2.49. The number of carboxylic acid groups (broad SMARTS) is 1. The summed E-state index contributed by atoms with van der Waals surface area (Å²) in [5.74, 6) is 0.235. The highest BCUT2D eigenvalue weighted by Gasteiger charge is 2.53. The number of hydrogen-bond donors (Lipinski definition) is 1. The van der Waals surface area contributed by atoms with Crippen LogP contribution in [0.15, 0.2) is 37.1 Å². The molecule has 0 bridgehead atoms. The van der Waals surface area contributed by atoms with Crippen LogP contribution in [0.25, 0.3) is 5.82 Å². The number of nitrogens with zero attached hydrogens (tertiary/aromatic N) is 4. The highest BCUT2D eigenvalue weighted by molar-refractivity contribution is 5.76. The van der Waals surface area contributed by atoms with E-state index in [0.717, 1.165) is 56.6 Å². The van der Waals surface area contributed by atoms with E-state index in [-0.39, 0.29) is 6.04 Å². The summed E-state index contributed by atoms with van der Waals surface area (Å²) < 4.78 is 1.87. The third-order valence-electron chi connectivity index (χ3n) is 5.66. The lowest BCUT2D eigenvalue weighted by molar-refractivity contribution is -0.152. The van der Waals surface area contributed by atoms with Crippen molar-refractivity contribution in [2.45, 2.75) is 44.7 Å². The monoisotopic (exact) mass is 326 g/mol. The first kappa shape index (κ1) is 15.3. The van der Waals surface area contributed by atoms with E-state index >= 15 is 0 Å². The van der Waals surface area contributed by atoms with Crippen LogP contribution < -0.4 is 0 Å². The summed E-state index contributed by atoms with van der Waals surface area (Å²) in [6.45, 7) is 1.64. The van der Waals surface area contributed by atoms with Gasteiger partial charge in [-0.2, -0.15) is 0 Å².